The molecular formula is C12H16ClN. The lowest BCUT2D eigenvalue weighted by Gasteiger charge is -2.07. The van der Waals surface area contributed by atoms with Gasteiger partial charge >= 0.3 is 0 Å². The summed E-state index contributed by atoms with van der Waals surface area (Å²) < 4.78 is 0. The zero-order valence-electron chi connectivity index (χ0n) is 8.66. The maximum absolute atomic E-state index is 8.95. The van der Waals surface area contributed by atoms with E-state index in [0.29, 0.717) is 0 Å². The fourth-order valence-corrected chi connectivity index (χ4v) is 1.48. The fourth-order valence-electron chi connectivity index (χ4n) is 1.48. The third-order valence-electron chi connectivity index (χ3n) is 2.18. The van der Waals surface area contributed by atoms with Crippen LogP contribution in [-0.4, -0.2) is 0 Å². The number of hydrogen-bond donors (Lipinski definition) is 0. The van der Waals surface area contributed by atoms with E-state index in [0.717, 1.165) is 18.4 Å². The van der Waals surface area contributed by atoms with Crippen molar-refractivity contribution < 1.29 is 0 Å². The number of nitriles is 1. The van der Waals surface area contributed by atoms with E-state index < -0.39 is 0 Å². The van der Waals surface area contributed by atoms with Gasteiger partial charge in [-0.1, -0.05) is 43.2 Å². The first-order valence-electron chi connectivity index (χ1n) is 4.74. The Morgan fingerprint density at radius 2 is 2.14 bits per heavy atom. The van der Waals surface area contributed by atoms with Crippen LogP contribution >= 0.6 is 12.4 Å². The molecule has 1 aromatic rings. The molecule has 1 unspecified atom stereocenters. The summed E-state index contributed by atoms with van der Waals surface area (Å²) in [4.78, 5) is 0. The third-order valence-corrected chi connectivity index (χ3v) is 2.18. The highest BCUT2D eigenvalue weighted by molar-refractivity contribution is 5.85. The van der Waals surface area contributed by atoms with Crippen LogP contribution in [0.1, 0.15) is 36.8 Å². The number of halogens is 1. The molecule has 1 atom stereocenters. The van der Waals surface area contributed by atoms with Crippen LogP contribution in [0.25, 0.3) is 0 Å². The highest BCUT2D eigenvalue weighted by Crippen LogP contribution is 2.20. The predicted molar refractivity (Wildman–Crippen MR) is 61.7 cm³/mol. The highest BCUT2D eigenvalue weighted by Gasteiger charge is 2.08. The maximum Gasteiger partial charge on any atom is 0.0712 e. The molecule has 0 spiro atoms. The Labute approximate surface area is 92.2 Å². The van der Waals surface area contributed by atoms with E-state index in [9.17, 15) is 0 Å². The van der Waals surface area contributed by atoms with Crippen LogP contribution in [0.3, 0.4) is 0 Å². The molecule has 0 N–H and O–H groups in total. The molecule has 0 aliphatic carbocycles. The molecule has 0 aliphatic heterocycles. The summed E-state index contributed by atoms with van der Waals surface area (Å²) >= 11 is 0. The molecule has 0 bridgehead atoms. The Bertz CT molecular complexity index is 314. The molecule has 0 heterocycles. The molecule has 0 aliphatic rings. The Morgan fingerprint density at radius 3 is 2.64 bits per heavy atom. The molecule has 76 valence electrons. The molecule has 0 aromatic heterocycles. The van der Waals surface area contributed by atoms with Crippen LogP contribution in [-0.2, 0) is 0 Å². The normalized spacial score (nSPS) is 11.2. The van der Waals surface area contributed by atoms with Crippen LogP contribution in [0.15, 0.2) is 24.3 Å². The van der Waals surface area contributed by atoms with Gasteiger partial charge in [-0.05, 0) is 18.9 Å². The molecule has 0 saturated carbocycles. The maximum atomic E-state index is 8.95. The average molecular weight is 210 g/mol. The topological polar surface area (TPSA) is 23.8 Å². The molecule has 1 nitrogen and oxygen atoms in total. The van der Waals surface area contributed by atoms with E-state index in [1.807, 2.05) is 12.1 Å². The molecule has 0 radical (unpaired) electrons. The fraction of sp³-hybridized carbons (Fsp3) is 0.417. The summed E-state index contributed by atoms with van der Waals surface area (Å²) in [6, 6.07) is 10.6. The quantitative estimate of drug-likeness (QED) is 0.743. The number of aryl methyl sites for hydroxylation is 1. The summed E-state index contributed by atoms with van der Waals surface area (Å²) in [5.74, 6) is 0.0740. The van der Waals surface area contributed by atoms with E-state index in [4.69, 9.17) is 5.26 Å². The summed E-state index contributed by atoms with van der Waals surface area (Å²) in [5.41, 5.74) is 2.39. The van der Waals surface area contributed by atoms with Gasteiger partial charge in [0.2, 0.25) is 0 Å². The smallest absolute Gasteiger partial charge is 0.0712 e. The van der Waals surface area contributed by atoms with E-state index in [-0.39, 0.29) is 18.3 Å². The molecule has 2 heteroatoms. The van der Waals surface area contributed by atoms with Gasteiger partial charge in [0.1, 0.15) is 0 Å². The molecule has 0 amide bonds. The minimum Gasteiger partial charge on any atom is -0.198 e. The van der Waals surface area contributed by atoms with Crippen molar-refractivity contribution in [2.24, 2.45) is 0 Å². The van der Waals surface area contributed by atoms with Gasteiger partial charge in [0.15, 0.2) is 0 Å². The Kier molecular flexibility index (Phi) is 5.99. The van der Waals surface area contributed by atoms with Gasteiger partial charge in [-0.3, -0.25) is 0 Å². The minimum absolute atomic E-state index is 0. The summed E-state index contributed by atoms with van der Waals surface area (Å²) in [6.45, 7) is 4.17. The lowest BCUT2D eigenvalue weighted by molar-refractivity contribution is 0.726. The molecular weight excluding hydrogens is 194 g/mol. The van der Waals surface area contributed by atoms with Gasteiger partial charge in [0, 0.05) is 0 Å². The van der Waals surface area contributed by atoms with Crippen molar-refractivity contribution >= 4 is 12.4 Å². The standard InChI is InChI=1S/C12H15N.ClH/c1-3-5-12(9-13)11-7-4-6-10(2)8-11;/h4,6-8,12H,3,5H2,1-2H3;1H. The van der Waals surface area contributed by atoms with Gasteiger partial charge in [0.05, 0.1) is 12.0 Å². The van der Waals surface area contributed by atoms with Crippen LogP contribution in [0.5, 0.6) is 0 Å². The molecule has 14 heavy (non-hydrogen) atoms. The van der Waals surface area contributed by atoms with E-state index in [1.54, 1.807) is 0 Å². The Balaban J connectivity index is 0.00000169. The second kappa shape index (κ2) is 6.45. The number of benzene rings is 1. The van der Waals surface area contributed by atoms with Gasteiger partial charge in [-0.25, -0.2) is 0 Å². The Morgan fingerprint density at radius 1 is 1.43 bits per heavy atom. The predicted octanol–water partition coefficient (Wildman–Crippen LogP) is 3.82. The molecule has 1 rings (SSSR count). The lowest BCUT2D eigenvalue weighted by Crippen LogP contribution is -1.95. The van der Waals surface area contributed by atoms with Crippen molar-refractivity contribution in [2.75, 3.05) is 0 Å². The van der Waals surface area contributed by atoms with Crippen molar-refractivity contribution in [3.63, 3.8) is 0 Å². The number of rotatable bonds is 3. The van der Waals surface area contributed by atoms with E-state index in [2.05, 4.69) is 32.0 Å². The molecule has 1 aromatic carbocycles. The second-order valence-electron chi connectivity index (χ2n) is 3.38. The van der Waals surface area contributed by atoms with Crippen molar-refractivity contribution in [2.45, 2.75) is 32.6 Å². The first kappa shape index (κ1) is 13.0. The van der Waals surface area contributed by atoms with E-state index >= 15 is 0 Å². The van der Waals surface area contributed by atoms with Crippen molar-refractivity contribution in [1.29, 1.82) is 5.26 Å². The highest BCUT2D eigenvalue weighted by atomic mass is 35.5. The van der Waals surface area contributed by atoms with Gasteiger partial charge in [0.25, 0.3) is 0 Å². The van der Waals surface area contributed by atoms with Crippen LogP contribution in [0.4, 0.5) is 0 Å². The molecule has 0 saturated heterocycles. The van der Waals surface area contributed by atoms with Gasteiger partial charge < -0.3 is 0 Å². The third kappa shape index (κ3) is 3.40. The molecule has 0 fully saturated rings. The number of nitrogens with zero attached hydrogens (tertiary/aromatic N) is 1. The zero-order valence-corrected chi connectivity index (χ0v) is 9.47. The zero-order chi connectivity index (χ0) is 9.68. The van der Waals surface area contributed by atoms with Crippen LogP contribution in [0, 0.1) is 18.3 Å². The first-order valence-corrected chi connectivity index (χ1v) is 4.74. The first-order chi connectivity index (χ1) is 6.27. The average Bonchev–Trinajstić information content (AvgIpc) is 2.14. The van der Waals surface area contributed by atoms with Gasteiger partial charge in [-0.15, -0.1) is 12.4 Å². The van der Waals surface area contributed by atoms with Gasteiger partial charge in [-0.2, -0.15) is 5.26 Å². The summed E-state index contributed by atoms with van der Waals surface area (Å²) in [6.07, 6.45) is 2.02. The van der Waals surface area contributed by atoms with Crippen molar-refractivity contribution in [3.05, 3.63) is 35.4 Å². The van der Waals surface area contributed by atoms with Crippen LogP contribution < -0.4 is 0 Å². The van der Waals surface area contributed by atoms with E-state index in [1.165, 1.54) is 5.56 Å². The summed E-state index contributed by atoms with van der Waals surface area (Å²) in [7, 11) is 0. The van der Waals surface area contributed by atoms with Crippen LogP contribution in [0.2, 0.25) is 0 Å². The lowest BCUT2D eigenvalue weighted by atomic mass is 9.95. The number of hydrogen-bond acceptors (Lipinski definition) is 1. The Hall–Kier alpha value is -1.00. The largest absolute Gasteiger partial charge is 0.198 e. The van der Waals surface area contributed by atoms with Crippen molar-refractivity contribution in [3.8, 4) is 6.07 Å². The van der Waals surface area contributed by atoms with Crippen molar-refractivity contribution in [1.82, 2.24) is 0 Å². The SMILES string of the molecule is CCCC(C#N)c1cccc(C)c1.Cl. The monoisotopic (exact) mass is 209 g/mol. The summed E-state index contributed by atoms with van der Waals surface area (Å²) in [5, 5.41) is 8.95. The second-order valence-corrected chi connectivity index (χ2v) is 3.38. The minimum atomic E-state index is 0.